The van der Waals surface area contributed by atoms with Gasteiger partial charge in [-0.2, -0.15) is 0 Å². The summed E-state index contributed by atoms with van der Waals surface area (Å²) >= 11 is 5.85. The number of halogens is 1. The van der Waals surface area contributed by atoms with Gasteiger partial charge < -0.3 is 5.32 Å². The van der Waals surface area contributed by atoms with Crippen molar-refractivity contribution in [2.45, 2.75) is 32.2 Å². The molecule has 0 saturated heterocycles. The number of rotatable bonds is 3. The van der Waals surface area contributed by atoms with E-state index in [1.54, 1.807) is 0 Å². The molecule has 0 aliphatic heterocycles. The molecule has 0 heterocycles. The number of benzene rings is 1. The molecule has 0 radical (unpaired) electrons. The van der Waals surface area contributed by atoms with E-state index in [4.69, 9.17) is 11.6 Å². The van der Waals surface area contributed by atoms with Gasteiger partial charge in [-0.05, 0) is 44.5 Å². The van der Waals surface area contributed by atoms with Crippen LogP contribution in [0.5, 0.6) is 0 Å². The maximum atomic E-state index is 5.85. The van der Waals surface area contributed by atoms with Crippen LogP contribution in [-0.2, 0) is 0 Å². The van der Waals surface area contributed by atoms with Crippen molar-refractivity contribution in [2.24, 2.45) is 0 Å². The van der Waals surface area contributed by atoms with Crippen LogP contribution in [0.1, 0.15) is 32.3 Å². The van der Waals surface area contributed by atoms with E-state index in [-0.39, 0.29) is 5.54 Å². The summed E-state index contributed by atoms with van der Waals surface area (Å²) in [5.74, 6) is 0.463. The van der Waals surface area contributed by atoms with Crippen LogP contribution in [0.3, 0.4) is 0 Å². The quantitative estimate of drug-likeness (QED) is 0.808. The van der Waals surface area contributed by atoms with Crippen molar-refractivity contribution in [1.82, 2.24) is 5.32 Å². The molecule has 78 valence electrons. The summed E-state index contributed by atoms with van der Waals surface area (Å²) in [6.07, 6.45) is 0. The summed E-state index contributed by atoms with van der Waals surface area (Å²) in [5, 5.41) is 4.12. The Bertz CT molecular complexity index is 290. The largest absolute Gasteiger partial charge is 0.314 e. The van der Waals surface area contributed by atoms with Gasteiger partial charge in [0.2, 0.25) is 0 Å². The monoisotopic (exact) mass is 211 g/mol. The highest BCUT2D eigenvalue weighted by molar-refractivity contribution is 6.30. The third-order valence-corrected chi connectivity index (χ3v) is 3.35. The molecule has 14 heavy (non-hydrogen) atoms. The van der Waals surface area contributed by atoms with Crippen LogP contribution in [0.2, 0.25) is 5.02 Å². The summed E-state index contributed by atoms with van der Waals surface area (Å²) in [4.78, 5) is 0. The standard InChI is InChI=1S/C12H18ClN/c1-9(12(2,3)14-4)10-5-7-11(13)8-6-10/h5-9,14H,1-4H3. The zero-order valence-electron chi connectivity index (χ0n) is 9.26. The summed E-state index contributed by atoms with van der Waals surface area (Å²) in [7, 11) is 1.99. The van der Waals surface area contributed by atoms with E-state index in [0.717, 1.165) is 5.02 Å². The Morgan fingerprint density at radius 1 is 1.21 bits per heavy atom. The van der Waals surface area contributed by atoms with Crippen LogP contribution in [0.25, 0.3) is 0 Å². The Morgan fingerprint density at radius 2 is 1.71 bits per heavy atom. The van der Waals surface area contributed by atoms with E-state index in [1.165, 1.54) is 5.56 Å². The lowest BCUT2D eigenvalue weighted by molar-refractivity contribution is 0.360. The van der Waals surface area contributed by atoms with E-state index in [9.17, 15) is 0 Å². The lowest BCUT2D eigenvalue weighted by Crippen LogP contribution is -2.41. The van der Waals surface area contributed by atoms with Crippen LogP contribution in [-0.4, -0.2) is 12.6 Å². The van der Waals surface area contributed by atoms with Gasteiger partial charge in [0.1, 0.15) is 0 Å². The van der Waals surface area contributed by atoms with Gasteiger partial charge in [0.15, 0.2) is 0 Å². The summed E-state index contributed by atoms with van der Waals surface area (Å²) in [6.45, 7) is 6.62. The average molecular weight is 212 g/mol. The molecule has 2 heteroatoms. The molecule has 1 aromatic carbocycles. The number of hydrogen-bond acceptors (Lipinski definition) is 1. The van der Waals surface area contributed by atoms with Crippen LogP contribution in [0, 0.1) is 0 Å². The lowest BCUT2D eigenvalue weighted by atomic mass is 9.84. The molecule has 0 amide bonds. The van der Waals surface area contributed by atoms with Gasteiger partial charge in [0.05, 0.1) is 0 Å². The van der Waals surface area contributed by atoms with Crippen LogP contribution in [0.15, 0.2) is 24.3 Å². The minimum absolute atomic E-state index is 0.105. The first-order valence-electron chi connectivity index (χ1n) is 4.92. The molecule has 0 saturated carbocycles. The average Bonchev–Trinajstić information content (AvgIpc) is 2.18. The van der Waals surface area contributed by atoms with Crippen molar-refractivity contribution in [3.05, 3.63) is 34.9 Å². The molecule has 0 fully saturated rings. The summed E-state index contributed by atoms with van der Waals surface area (Å²) < 4.78 is 0. The second-order valence-corrected chi connectivity index (χ2v) is 4.68. The van der Waals surface area contributed by atoms with Gasteiger partial charge in [-0.1, -0.05) is 30.7 Å². The molecule has 1 atom stereocenters. The molecule has 1 nitrogen and oxygen atoms in total. The minimum Gasteiger partial charge on any atom is -0.314 e. The maximum absolute atomic E-state index is 5.85. The molecule has 0 spiro atoms. The molecule has 1 unspecified atom stereocenters. The number of nitrogens with one attached hydrogen (secondary N) is 1. The Balaban J connectivity index is 2.89. The smallest absolute Gasteiger partial charge is 0.0406 e. The second kappa shape index (κ2) is 4.33. The predicted molar refractivity (Wildman–Crippen MR) is 63.0 cm³/mol. The van der Waals surface area contributed by atoms with Crippen molar-refractivity contribution in [3.8, 4) is 0 Å². The van der Waals surface area contributed by atoms with Gasteiger partial charge in [-0.3, -0.25) is 0 Å². The summed E-state index contributed by atoms with van der Waals surface area (Å²) in [5.41, 5.74) is 1.42. The van der Waals surface area contributed by atoms with E-state index < -0.39 is 0 Å². The Labute approximate surface area is 91.5 Å². The van der Waals surface area contributed by atoms with Gasteiger partial charge >= 0.3 is 0 Å². The molecule has 0 aliphatic carbocycles. The van der Waals surface area contributed by atoms with Crippen molar-refractivity contribution in [1.29, 1.82) is 0 Å². The topological polar surface area (TPSA) is 12.0 Å². The molecule has 0 aliphatic rings. The first-order valence-corrected chi connectivity index (χ1v) is 5.29. The molecule has 0 aromatic heterocycles. The fourth-order valence-corrected chi connectivity index (χ4v) is 1.51. The maximum Gasteiger partial charge on any atom is 0.0406 e. The van der Waals surface area contributed by atoms with E-state index in [2.05, 4.69) is 38.2 Å². The molecule has 1 rings (SSSR count). The highest BCUT2D eigenvalue weighted by Gasteiger charge is 2.24. The van der Waals surface area contributed by atoms with Gasteiger partial charge in [0.25, 0.3) is 0 Å². The van der Waals surface area contributed by atoms with E-state index in [0.29, 0.717) is 5.92 Å². The van der Waals surface area contributed by atoms with Crippen LogP contribution in [0.4, 0.5) is 0 Å². The molecular formula is C12H18ClN. The molecule has 1 aromatic rings. The Morgan fingerprint density at radius 3 is 2.14 bits per heavy atom. The van der Waals surface area contributed by atoms with Crippen molar-refractivity contribution < 1.29 is 0 Å². The number of likely N-dealkylation sites (N-methyl/N-ethyl adjacent to an activating group) is 1. The highest BCUT2D eigenvalue weighted by Crippen LogP contribution is 2.27. The molecule has 1 N–H and O–H groups in total. The van der Waals surface area contributed by atoms with Crippen molar-refractivity contribution >= 4 is 11.6 Å². The minimum atomic E-state index is 0.105. The second-order valence-electron chi connectivity index (χ2n) is 4.24. The van der Waals surface area contributed by atoms with Crippen molar-refractivity contribution in [2.75, 3.05) is 7.05 Å². The predicted octanol–water partition coefficient (Wildman–Crippen LogP) is 3.44. The summed E-state index contributed by atoms with van der Waals surface area (Å²) in [6, 6.07) is 8.07. The van der Waals surface area contributed by atoms with E-state index in [1.807, 2.05) is 19.2 Å². The van der Waals surface area contributed by atoms with Crippen molar-refractivity contribution in [3.63, 3.8) is 0 Å². The Hall–Kier alpha value is -0.530. The van der Waals surface area contributed by atoms with Crippen LogP contribution < -0.4 is 5.32 Å². The number of hydrogen-bond donors (Lipinski definition) is 1. The van der Waals surface area contributed by atoms with Crippen LogP contribution >= 0.6 is 11.6 Å². The van der Waals surface area contributed by atoms with Gasteiger partial charge in [-0.25, -0.2) is 0 Å². The lowest BCUT2D eigenvalue weighted by Gasteiger charge is -2.31. The fourth-order valence-electron chi connectivity index (χ4n) is 1.38. The zero-order valence-corrected chi connectivity index (χ0v) is 10.0. The first-order chi connectivity index (χ1) is 6.47. The SMILES string of the molecule is CNC(C)(C)C(C)c1ccc(Cl)cc1. The normalized spacial score (nSPS) is 14.1. The Kier molecular flexibility index (Phi) is 3.57. The third kappa shape index (κ3) is 2.49. The highest BCUT2D eigenvalue weighted by atomic mass is 35.5. The van der Waals surface area contributed by atoms with E-state index >= 15 is 0 Å². The zero-order chi connectivity index (χ0) is 10.8. The van der Waals surface area contributed by atoms with Gasteiger partial charge in [0, 0.05) is 10.6 Å². The van der Waals surface area contributed by atoms with Gasteiger partial charge in [-0.15, -0.1) is 0 Å². The first kappa shape index (κ1) is 11.5. The molecule has 0 bridgehead atoms. The molecular weight excluding hydrogens is 194 g/mol. The third-order valence-electron chi connectivity index (χ3n) is 3.10. The fraction of sp³-hybridized carbons (Fsp3) is 0.500.